The van der Waals surface area contributed by atoms with Gasteiger partial charge in [0.25, 0.3) is 5.91 Å². The van der Waals surface area contributed by atoms with Crippen LogP contribution < -0.4 is 10.1 Å². The summed E-state index contributed by atoms with van der Waals surface area (Å²) < 4.78 is 12.4. The van der Waals surface area contributed by atoms with Gasteiger partial charge < -0.3 is 14.8 Å². The number of nitrogens with zero attached hydrogens (tertiary/aromatic N) is 2. The maximum absolute atomic E-state index is 12.3. The summed E-state index contributed by atoms with van der Waals surface area (Å²) in [6.07, 6.45) is 0. The predicted octanol–water partition coefficient (Wildman–Crippen LogP) is 3.41. The number of aromatic nitrogens is 2. The predicted molar refractivity (Wildman–Crippen MR) is 109 cm³/mol. The van der Waals surface area contributed by atoms with Gasteiger partial charge in [0.2, 0.25) is 0 Å². The molecule has 0 unspecified atom stereocenters. The Morgan fingerprint density at radius 1 is 1.07 bits per heavy atom. The quantitative estimate of drug-likeness (QED) is 0.622. The van der Waals surface area contributed by atoms with Crippen LogP contribution in [0.3, 0.4) is 0 Å². The van der Waals surface area contributed by atoms with Crippen molar-refractivity contribution < 1.29 is 19.1 Å². The number of nitrogens with one attached hydrogen (secondary N) is 1. The van der Waals surface area contributed by atoms with E-state index < -0.39 is 18.5 Å². The molecule has 1 N–H and O–H groups in total. The lowest BCUT2D eigenvalue weighted by molar-refractivity contribution is -0.119. The lowest BCUT2D eigenvalue weighted by Crippen LogP contribution is -2.22. The van der Waals surface area contributed by atoms with E-state index in [4.69, 9.17) is 9.47 Å². The van der Waals surface area contributed by atoms with Crippen LogP contribution in [0.1, 0.15) is 27.2 Å². The molecule has 0 bridgehead atoms. The number of hydrogen-bond acceptors (Lipinski definition) is 5. The number of ether oxygens (including phenoxy) is 2. The number of hydrogen-bond donors (Lipinski definition) is 1. The van der Waals surface area contributed by atoms with E-state index in [1.54, 1.807) is 42.1 Å². The fourth-order valence-corrected chi connectivity index (χ4v) is 2.80. The summed E-state index contributed by atoms with van der Waals surface area (Å²) in [5.74, 6) is 0.0569. The first-order valence-corrected chi connectivity index (χ1v) is 9.17. The SMILES string of the molecule is Cc1cccc(COc2cccc(C(=O)OCC(=O)Nc3cc(C)nn3C)c2)c1. The van der Waals surface area contributed by atoms with Gasteiger partial charge in [0.1, 0.15) is 18.2 Å². The number of carbonyl (C=O) groups is 2. The summed E-state index contributed by atoms with van der Waals surface area (Å²) in [5, 5.41) is 6.79. The van der Waals surface area contributed by atoms with E-state index in [1.807, 2.05) is 38.1 Å². The van der Waals surface area contributed by atoms with Gasteiger partial charge in [-0.2, -0.15) is 5.10 Å². The van der Waals surface area contributed by atoms with Crippen LogP contribution in [0.15, 0.2) is 54.6 Å². The molecule has 3 aromatic rings. The number of esters is 1. The first-order chi connectivity index (χ1) is 13.9. The fourth-order valence-electron chi connectivity index (χ4n) is 2.80. The monoisotopic (exact) mass is 393 g/mol. The van der Waals surface area contributed by atoms with Crippen molar-refractivity contribution in [1.82, 2.24) is 9.78 Å². The lowest BCUT2D eigenvalue weighted by Gasteiger charge is -2.09. The summed E-state index contributed by atoms with van der Waals surface area (Å²) in [6.45, 7) is 3.85. The molecule has 1 heterocycles. The van der Waals surface area contributed by atoms with Crippen LogP contribution in [0.25, 0.3) is 0 Å². The van der Waals surface area contributed by atoms with Crippen LogP contribution >= 0.6 is 0 Å². The van der Waals surface area contributed by atoms with Crippen molar-refractivity contribution in [3.8, 4) is 5.75 Å². The van der Waals surface area contributed by atoms with Gasteiger partial charge in [-0.3, -0.25) is 9.48 Å². The highest BCUT2D eigenvalue weighted by molar-refractivity contribution is 5.95. The summed E-state index contributed by atoms with van der Waals surface area (Å²) in [6, 6.07) is 16.4. The lowest BCUT2D eigenvalue weighted by atomic mass is 10.1. The number of amides is 1. The third kappa shape index (κ3) is 5.68. The zero-order valence-corrected chi connectivity index (χ0v) is 16.6. The zero-order valence-electron chi connectivity index (χ0n) is 16.6. The van der Waals surface area contributed by atoms with Gasteiger partial charge in [-0.05, 0) is 37.6 Å². The van der Waals surface area contributed by atoms with E-state index >= 15 is 0 Å². The highest BCUT2D eigenvalue weighted by Crippen LogP contribution is 2.16. The molecule has 7 heteroatoms. The third-order valence-electron chi connectivity index (χ3n) is 4.16. The summed E-state index contributed by atoms with van der Waals surface area (Å²) >= 11 is 0. The maximum atomic E-state index is 12.3. The molecule has 0 aliphatic heterocycles. The van der Waals surface area contributed by atoms with Crippen LogP contribution in [0.5, 0.6) is 5.75 Å². The molecule has 7 nitrogen and oxygen atoms in total. The standard InChI is InChI=1S/C22H23N3O4/c1-15-6-4-7-17(10-15)13-28-19-9-5-8-18(12-19)22(27)29-14-21(26)23-20-11-16(2)24-25(20)3/h4-12H,13-14H2,1-3H3,(H,23,26). The summed E-state index contributed by atoms with van der Waals surface area (Å²) in [7, 11) is 1.72. The van der Waals surface area contributed by atoms with Crippen LogP contribution in [0.4, 0.5) is 5.82 Å². The van der Waals surface area contributed by atoms with E-state index in [-0.39, 0.29) is 0 Å². The average molecular weight is 393 g/mol. The highest BCUT2D eigenvalue weighted by Gasteiger charge is 2.13. The van der Waals surface area contributed by atoms with Gasteiger partial charge in [-0.15, -0.1) is 0 Å². The molecule has 0 radical (unpaired) electrons. The van der Waals surface area contributed by atoms with E-state index in [0.717, 1.165) is 16.8 Å². The first-order valence-electron chi connectivity index (χ1n) is 9.17. The van der Waals surface area contributed by atoms with Crippen LogP contribution in [-0.2, 0) is 23.2 Å². The van der Waals surface area contributed by atoms with Crippen molar-refractivity contribution in [3.05, 3.63) is 77.0 Å². The smallest absolute Gasteiger partial charge is 0.338 e. The Bertz CT molecular complexity index is 1030. The number of benzene rings is 2. The topological polar surface area (TPSA) is 82.4 Å². The molecular weight excluding hydrogens is 370 g/mol. The molecule has 2 aromatic carbocycles. The molecule has 0 aliphatic rings. The summed E-state index contributed by atoms with van der Waals surface area (Å²) in [4.78, 5) is 24.3. The van der Waals surface area contributed by atoms with Gasteiger partial charge >= 0.3 is 5.97 Å². The Morgan fingerprint density at radius 3 is 2.59 bits per heavy atom. The average Bonchev–Trinajstić information content (AvgIpc) is 3.01. The van der Waals surface area contributed by atoms with Gasteiger partial charge in [0.05, 0.1) is 11.3 Å². The molecule has 0 saturated heterocycles. The molecule has 1 amide bonds. The second kappa shape index (κ2) is 9.05. The molecule has 0 aliphatic carbocycles. The van der Waals surface area contributed by atoms with Gasteiger partial charge in [-0.25, -0.2) is 4.79 Å². The first kappa shape index (κ1) is 20.1. The summed E-state index contributed by atoms with van der Waals surface area (Å²) in [5.41, 5.74) is 3.29. The third-order valence-corrected chi connectivity index (χ3v) is 4.16. The largest absolute Gasteiger partial charge is 0.489 e. The van der Waals surface area contributed by atoms with E-state index in [9.17, 15) is 9.59 Å². The Labute approximate surface area is 169 Å². The minimum atomic E-state index is -0.595. The normalized spacial score (nSPS) is 10.4. The van der Waals surface area contributed by atoms with Crippen LogP contribution in [0.2, 0.25) is 0 Å². The Hall–Kier alpha value is -3.61. The van der Waals surface area contributed by atoms with Crippen LogP contribution in [0, 0.1) is 13.8 Å². The highest BCUT2D eigenvalue weighted by atomic mass is 16.5. The minimum Gasteiger partial charge on any atom is -0.489 e. The van der Waals surface area contributed by atoms with Crippen molar-refractivity contribution in [1.29, 1.82) is 0 Å². The Morgan fingerprint density at radius 2 is 1.86 bits per heavy atom. The van der Waals surface area contributed by atoms with Crippen molar-refractivity contribution in [2.24, 2.45) is 7.05 Å². The molecule has 29 heavy (non-hydrogen) atoms. The molecule has 0 fully saturated rings. The second-order valence-electron chi connectivity index (χ2n) is 6.72. The van der Waals surface area contributed by atoms with Crippen molar-refractivity contribution in [3.63, 3.8) is 0 Å². The Balaban J connectivity index is 1.53. The molecular formula is C22H23N3O4. The molecule has 3 rings (SSSR count). The second-order valence-corrected chi connectivity index (χ2v) is 6.72. The maximum Gasteiger partial charge on any atom is 0.338 e. The minimum absolute atomic E-state index is 0.316. The zero-order chi connectivity index (χ0) is 20.8. The number of aryl methyl sites for hydroxylation is 3. The van der Waals surface area contributed by atoms with Gasteiger partial charge in [0.15, 0.2) is 6.61 Å². The Kier molecular flexibility index (Phi) is 6.29. The van der Waals surface area contributed by atoms with Crippen molar-refractivity contribution in [2.45, 2.75) is 20.5 Å². The van der Waals surface area contributed by atoms with Gasteiger partial charge in [-0.1, -0.05) is 35.9 Å². The molecule has 0 spiro atoms. The molecule has 0 atom stereocenters. The van der Waals surface area contributed by atoms with E-state index in [2.05, 4.69) is 10.4 Å². The number of carbonyl (C=O) groups excluding carboxylic acids is 2. The number of anilines is 1. The van der Waals surface area contributed by atoms with E-state index in [1.165, 1.54) is 0 Å². The van der Waals surface area contributed by atoms with Crippen molar-refractivity contribution in [2.75, 3.05) is 11.9 Å². The number of rotatable bonds is 7. The molecule has 0 saturated carbocycles. The molecule has 150 valence electrons. The fraction of sp³-hybridized carbons (Fsp3) is 0.227. The van der Waals surface area contributed by atoms with Gasteiger partial charge in [0, 0.05) is 13.1 Å². The van der Waals surface area contributed by atoms with E-state index in [0.29, 0.717) is 23.7 Å². The molecule has 1 aromatic heterocycles. The van der Waals surface area contributed by atoms with Crippen LogP contribution in [-0.4, -0.2) is 28.3 Å². The van der Waals surface area contributed by atoms with Crippen molar-refractivity contribution >= 4 is 17.7 Å².